The summed E-state index contributed by atoms with van der Waals surface area (Å²) in [5.74, 6) is -0.0417. The Balaban J connectivity index is 4.41. The van der Waals surface area contributed by atoms with Crippen LogP contribution in [-0.4, -0.2) is 50.3 Å². The molecule has 5 nitrogen and oxygen atoms in total. The van der Waals surface area contributed by atoms with Crippen LogP contribution in [-0.2, 0) is 14.8 Å². The maximum atomic E-state index is 11.6. The van der Waals surface area contributed by atoms with Crippen LogP contribution < -0.4 is 5.73 Å². The third-order valence-corrected chi connectivity index (χ3v) is 3.61. The van der Waals surface area contributed by atoms with Crippen molar-refractivity contribution in [3.8, 4) is 0 Å². The summed E-state index contributed by atoms with van der Waals surface area (Å²) in [5, 5.41) is 0. The van der Waals surface area contributed by atoms with Gasteiger partial charge in [-0.1, -0.05) is 19.1 Å². The first-order valence-electron chi connectivity index (χ1n) is 4.19. The summed E-state index contributed by atoms with van der Waals surface area (Å²) in [4.78, 5) is 0.174. The molecular weight excluding hydrogens is 224 g/mol. The Morgan fingerprint density at radius 2 is 2.14 bits per heavy atom. The lowest BCUT2D eigenvalue weighted by molar-refractivity contribution is 0.215. The van der Waals surface area contributed by atoms with Crippen LogP contribution in [0.4, 0.5) is 0 Å². The smallest absolute Gasteiger partial charge is 0.216 e. The Morgan fingerprint density at radius 3 is 2.50 bits per heavy atom. The summed E-state index contributed by atoms with van der Waals surface area (Å²) in [5.41, 5.74) is 5.29. The van der Waals surface area contributed by atoms with E-state index in [9.17, 15) is 8.42 Å². The second-order valence-corrected chi connectivity index (χ2v) is 5.31. The van der Waals surface area contributed by atoms with E-state index in [0.29, 0.717) is 6.54 Å². The molecule has 2 N–H and O–H groups in total. The van der Waals surface area contributed by atoms with Gasteiger partial charge in [0.1, 0.15) is 0 Å². The quantitative estimate of drug-likeness (QED) is 0.611. The molecule has 0 aliphatic carbocycles. The van der Waals surface area contributed by atoms with Gasteiger partial charge in [-0.05, 0) is 0 Å². The van der Waals surface area contributed by atoms with Crippen LogP contribution >= 0.6 is 12.2 Å². The lowest BCUT2D eigenvalue weighted by atomic mass is 10.6. The molecule has 0 unspecified atom stereocenters. The molecular formula is C7H16N2O3S2. The van der Waals surface area contributed by atoms with Gasteiger partial charge in [0.05, 0.1) is 23.9 Å². The predicted molar refractivity (Wildman–Crippen MR) is 59.7 cm³/mol. The highest BCUT2D eigenvalue weighted by Crippen LogP contribution is 2.00. The fourth-order valence-corrected chi connectivity index (χ4v) is 2.50. The number of nitrogens with zero attached hydrogens (tertiary/aromatic N) is 1. The maximum absolute atomic E-state index is 11.6. The molecule has 0 saturated carbocycles. The molecule has 0 aromatic rings. The number of nitrogens with two attached hydrogens (primary N) is 1. The van der Waals surface area contributed by atoms with E-state index in [0.717, 1.165) is 0 Å². The zero-order chi connectivity index (χ0) is 11.2. The van der Waals surface area contributed by atoms with Crippen LogP contribution in [0.5, 0.6) is 0 Å². The van der Waals surface area contributed by atoms with Crippen LogP contribution in [0.1, 0.15) is 6.92 Å². The number of likely N-dealkylation sites (N-methyl/N-ethyl adjacent to an activating group) is 1. The lowest BCUT2D eigenvalue weighted by Crippen LogP contribution is -2.39. The molecule has 0 aliphatic heterocycles. The van der Waals surface area contributed by atoms with Crippen molar-refractivity contribution in [2.75, 3.05) is 32.6 Å². The largest absolute Gasteiger partial charge is 0.392 e. The minimum Gasteiger partial charge on any atom is -0.392 e. The van der Waals surface area contributed by atoms with Crippen LogP contribution in [0.2, 0.25) is 0 Å². The standard InChI is InChI=1S/C7H16N2O3S2/c1-3-9(6-7(8)13)14(10,11)5-4-12-2/h3-6H2,1-2H3,(H2,8,13). The molecule has 0 fully saturated rings. The molecule has 0 amide bonds. The van der Waals surface area contributed by atoms with Gasteiger partial charge in [-0.3, -0.25) is 0 Å². The normalized spacial score (nSPS) is 11.9. The summed E-state index contributed by atoms with van der Waals surface area (Å²) in [7, 11) is -1.83. The average Bonchev–Trinajstić information content (AvgIpc) is 2.10. The Morgan fingerprint density at radius 1 is 1.57 bits per heavy atom. The first-order chi connectivity index (χ1) is 6.44. The molecule has 0 aromatic carbocycles. The summed E-state index contributed by atoms with van der Waals surface area (Å²) in [6.45, 7) is 2.38. The molecule has 0 bridgehead atoms. The fraction of sp³-hybridized carbons (Fsp3) is 0.857. The molecule has 0 atom stereocenters. The van der Waals surface area contributed by atoms with Crippen LogP contribution in [0.15, 0.2) is 0 Å². The second-order valence-electron chi connectivity index (χ2n) is 2.70. The molecule has 14 heavy (non-hydrogen) atoms. The van der Waals surface area contributed by atoms with Crippen molar-refractivity contribution in [3.63, 3.8) is 0 Å². The van der Waals surface area contributed by atoms with Crippen molar-refractivity contribution >= 4 is 27.2 Å². The predicted octanol–water partition coefficient (Wildman–Crippen LogP) is -0.429. The number of thiocarbonyl (C=S) groups is 1. The van der Waals surface area contributed by atoms with Crippen molar-refractivity contribution in [1.29, 1.82) is 0 Å². The summed E-state index contributed by atoms with van der Waals surface area (Å²) < 4.78 is 29.1. The van der Waals surface area contributed by atoms with E-state index in [1.165, 1.54) is 11.4 Å². The van der Waals surface area contributed by atoms with Crippen LogP contribution in [0, 0.1) is 0 Å². The van der Waals surface area contributed by atoms with Gasteiger partial charge in [-0.2, -0.15) is 4.31 Å². The van der Waals surface area contributed by atoms with Crippen molar-refractivity contribution in [1.82, 2.24) is 4.31 Å². The molecule has 0 radical (unpaired) electrons. The zero-order valence-corrected chi connectivity index (χ0v) is 10.0. The van der Waals surface area contributed by atoms with Gasteiger partial charge in [0.25, 0.3) is 0 Å². The van der Waals surface area contributed by atoms with E-state index < -0.39 is 10.0 Å². The van der Waals surface area contributed by atoms with Gasteiger partial charge in [0, 0.05) is 13.7 Å². The fourth-order valence-electron chi connectivity index (χ4n) is 0.898. The monoisotopic (exact) mass is 240 g/mol. The minimum atomic E-state index is -3.29. The topological polar surface area (TPSA) is 72.6 Å². The van der Waals surface area contributed by atoms with Crippen molar-refractivity contribution in [2.24, 2.45) is 5.73 Å². The van der Waals surface area contributed by atoms with Crippen LogP contribution in [0.25, 0.3) is 0 Å². The van der Waals surface area contributed by atoms with Crippen molar-refractivity contribution in [2.45, 2.75) is 6.92 Å². The number of hydrogen-bond donors (Lipinski definition) is 1. The molecule has 7 heteroatoms. The number of methoxy groups -OCH3 is 1. The Bertz CT molecular complexity index is 277. The summed E-state index contributed by atoms with van der Waals surface area (Å²) in [6.07, 6.45) is 0. The van der Waals surface area contributed by atoms with Gasteiger partial charge >= 0.3 is 0 Å². The Kier molecular flexibility index (Phi) is 6.17. The SMILES string of the molecule is CCN(CC(N)=S)S(=O)(=O)CCOC. The average molecular weight is 240 g/mol. The van der Waals surface area contributed by atoms with Crippen LogP contribution in [0.3, 0.4) is 0 Å². The van der Waals surface area contributed by atoms with E-state index in [1.54, 1.807) is 6.92 Å². The summed E-state index contributed by atoms with van der Waals surface area (Å²) in [6, 6.07) is 0. The number of rotatable bonds is 7. The van der Waals surface area contributed by atoms with E-state index in [4.69, 9.17) is 10.5 Å². The van der Waals surface area contributed by atoms with E-state index >= 15 is 0 Å². The van der Waals surface area contributed by atoms with Gasteiger partial charge in [0.2, 0.25) is 10.0 Å². The first-order valence-corrected chi connectivity index (χ1v) is 6.20. The Hall–Kier alpha value is -0.240. The van der Waals surface area contributed by atoms with E-state index in [-0.39, 0.29) is 23.9 Å². The first kappa shape index (κ1) is 13.8. The number of hydrogen-bond acceptors (Lipinski definition) is 4. The highest BCUT2D eigenvalue weighted by Gasteiger charge is 2.20. The van der Waals surface area contributed by atoms with Gasteiger partial charge in [-0.15, -0.1) is 0 Å². The molecule has 0 aliphatic rings. The minimum absolute atomic E-state index is 0.0417. The third kappa shape index (κ3) is 4.85. The van der Waals surface area contributed by atoms with E-state index in [2.05, 4.69) is 12.2 Å². The molecule has 0 aromatic heterocycles. The van der Waals surface area contributed by atoms with Crippen molar-refractivity contribution < 1.29 is 13.2 Å². The van der Waals surface area contributed by atoms with E-state index in [1.807, 2.05) is 0 Å². The molecule has 0 spiro atoms. The second kappa shape index (κ2) is 6.28. The number of sulfonamides is 1. The lowest BCUT2D eigenvalue weighted by Gasteiger charge is -2.19. The van der Waals surface area contributed by atoms with Gasteiger partial charge in [-0.25, -0.2) is 8.42 Å². The molecule has 0 heterocycles. The maximum Gasteiger partial charge on any atom is 0.216 e. The van der Waals surface area contributed by atoms with Gasteiger partial charge < -0.3 is 10.5 Å². The Labute approximate surface area is 90.3 Å². The van der Waals surface area contributed by atoms with Crippen molar-refractivity contribution in [3.05, 3.63) is 0 Å². The molecule has 0 rings (SSSR count). The highest BCUT2D eigenvalue weighted by atomic mass is 32.2. The van der Waals surface area contributed by atoms with Gasteiger partial charge in [0.15, 0.2) is 0 Å². The molecule has 84 valence electrons. The highest BCUT2D eigenvalue weighted by molar-refractivity contribution is 7.89. The summed E-state index contributed by atoms with van der Waals surface area (Å²) >= 11 is 4.66. The third-order valence-electron chi connectivity index (χ3n) is 1.62. The number of ether oxygens (including phenoxy) is 1. The zero-order valence-electron chi connectivity index (χ0n) is 8.39. The molecule has 0 saturated heterocycles.